The van der Waals surface area contributed by atoms with Gasteiger partial charge in [-0.1, -0.05) is 32.4 Å². The molecule has 0 aliphatic rings. The highest BCUT2D eigenvalue weighted by Crippen LogP contribution is 2.40. The molecule has 1 heterocycles. The highest BCUT2D eigenvalue weighted by Gasteiger charge is 2.26. The number of rotatable bonds is 3. The van der Waals surface area contributed by atoms with E-state index in [9.17, 15) is 14.9 Å². The zero-order valence-corrected chi connectivity index (χ0v) is 12.6. The van der Waals surface area contributed by atoms with Crippen molar-refractivity contribution in [3.05, 3.63) is 50.7 Å². The summed E-state index contributed by atoms with van der Waals surface area (Å²) in [5, 5.41) is 11.6. The minimum absolute atomic E-state index is 0.0928. The van der Waals surface area contributed by atoms with Gasteiger partial charge in [-0.25, -0.2) is 0 Å². The molecule has 0 amide bonds. The Morgan fingerprint density at radius 1 is 1.29 bits per heavy atom. The molecule has 110 valence electrons. The fourth-order valence-corrected chi connectivity index (χ4v) is 2.27. The number of hydrogen-bond donors (Lipinski definition) is 0. The first-order chi connectivity index (χ1) is 9.74. The SMILES string of the molecule is CC(C)(C)c1cc(Cl)c(-c2ccc(C=O)o2)c([N+](=O)[O-])c1. The molecular formula is C15H14ClNO4. The second kappa shape index (κ2) is 5.33. The van der Waals surface area contributed by atoms with E-state index in [2.05, 4.69) is 0 Å². The molecule has 21 heavy (non-hydrogen) atoms. The highest BCUT2D eigenvalue weighted by atomic mass is 35.5. The van der Waals surface area contributed by atoms with E-state index >= 15 is 0 Å². The normalized spacial score (nSPS) is 11.4. The van der Waals surface area contributed by atoms with Crippen molar-refractivity contribution in [2.75, 3.05) is 0 Å². The summed E-state index contributed by atoms with van der Waals surface area (Å²) >= 11 is 6.22. The van der Waals surface area contributed by atoms with E-state index < -0.39 is 4.92 Å². The predicted molar refractivity (Wildman–Crippen MR) is 79.9 cm³/mol. The number of furan rings is 1. The smallest absolute Gasteiger partial charge is 0.282 e. The Labute approximate surface area is 126 Å². The molecule has 2 rings (SSSR count). The molecule has 0 aliphatic carbocycles. The lowest BCUT2D eigenvalue weighted by Crippen LogP contribution is -2.11. The molecule has 0 aliphatic heterocycles. The van der Waals surface area contributed by atoms with Crippen LogP contribution in [-0.4, -0.2) is 11.2 Å². The quantitative estimate of drug-likeness (QED) is 0.471. The minimum atomic E-state index is -0.500. The lowest BCUT2D eigenvalue weighted by molar-refractivity contribution is -0.384. The zero-order valence-electron chi connectivity index (χ0n) is 11.8. The molecule has 0 spiro atoms. The Bertz CT molecular complexity index is 713. The molecule has 2 aromatic rings. The van der Waals surface area contributed by atoms with Gasteiger partial charge in [0.05, 0.1) is 9.95 Å². The van der Waals surface area contributed by atoms with Crippen LogP contribution in [-0.2, 0) is 5.41 Å². The van der Waals surface area contributed by atoms with Gasteiger partial charge in [0.2, 0.25) is 0 Å². The number of benzene rings is 1. The van der Waals surface area contributed by atoms with Gasteiger partial charge < -0.3 is 4.42 Å². The van der Waals surface area contributed by atoms with Crippen molar-refractivity contribution in [3.63, 3.8) is 0 Å². The van der Waals surface area contributed by atoms with Crippen molar-refractivity contribution in [3.8, 4) is 11.3 Å². The summed E-state index contributed by atoms with van der Waals surface area (Å²) in [6.45, 7) is 5.83. The fourth-order valence-electron chi connectivity index (χ4n) is 1.96. The van der Waals surface area contributed by atoms with E-state index in [1.807, 2.05) is 20.8 Å². The third kappa shape index (κ3) is 2.97. The van der Waals surface area contributed by atoms with Crippen LogP contribution < -0.4 is 0 Å². The lowest BCUT2D eigenvalue weighted by atomic mass is 9.86. The monoisotopic (exact) mass is 307 g/mol. The molecule has 6 heteroatoms. The summed E-state index contributed by atoms with van der Waals surface area (Å²) in [5.41, 5.74) is 0.524. The summed E-state index contributed by atoms with van der Waals surface area (Å²) in [7, 11) is 0. The van der Waals surface area contributed by atoms with Crippen LogP contribution in [0, 0.1) is 10.1 Å². The number of aldehydes is 1. The number of nitrogens with zero attached hydrogens (tertiary/aromatic N) is 1. The van der Waals surface area contributed by atoms with E-state index in [1.165, 1.54) is 18.2 Å². The van der Waals surface area contributed by atoms with Crippen molar-refractivity contribution < 1.29 is 14.1 Å². The van der Waals surface area contributed by atoms with E-state index in [1.54, 1.807) is 6.07 Å². The van der Waals surface area contributed by atoms with Crippen LogP contribution in [0.5, 0.6) is 0 Å². The molecule has 0 atom stereocenters. The largest absolute Gasteiger partial charge is 0.453 e. The molecule has 0 bridgehead atoms. The van der Waals surface area contributed by atoms with Crippen LogP contribution in [0.15, 0.2) is 28.7 Å². The molecule has 0 saturated heterocycles. The van der Waals surface area contributed by atoms with Gasteiger partial charge in [0.1, 0.15) is 11.3 Å². The maximum atomic E-state index is 11.3. The maximum absolute atomic E-state index is 11.3. The highest BCUT2D eigenvalue weighted by molar-refractivity contribution is 6.33. The van der Waals surface area contributed by atoms with Crippen molar-refractivity contribution in [1.29, 1.82) is 0 Å². The third-order valence-electron chi connectivity index (χ3n) is 3.12. The third-order valence-corrected chi connectivity index (χ3v) is 3.42. The number of hydrogen-bond acceptors (Lipinski definition) is 4. The topological polar surface area (TPSA) is 73.3 Å². The summed E-state index contributed by atoms with van der Waals surface area (Å²) in [5.74, 6) is 0.296. The average molecular weight is 308 g/mol. The predicted octanol–water partition coefficient (Wildman–Crippen LogP) is 4.62. The van der Waals surface area contributed by atoms with Crippen molar-refractivity contribution >= 4 is 23.6 Å². The van der Waals surface area contributed by atoms with E-state index in [4.69, 9.17) is 16.0 Å². The second-order valence-electron chi connectivity index (χ2n) is 5.68. The van der Waals surface area contributed by atoms with Crippen LogP contribution >= 0.6 is 11.6 Å². The van der Waals surface area contributed by atoms with Crippen LogP contribution in [0.4, 0.5) is 5.69 Å². The Balaban J connectivity index is 2.70. The van der Waals surface area contributed by atoms with Crippen molar-refractivity contribution in [2.45, 2.75) is 26.2 Å². The maximum Gasteiger partial charge on any atom is 0.282 e. The van der Waals surface area contributed by atoms with Crippen LogP contribution in [0.2, 0.25) is 5.02 Å². The number of carbonyl (C=O) groups is 1. The Hall–Kier alpha value is -2.14. The summed E-state index contributed by atoms with van der Waals surface area (Å²) in [4.78, 5) is 21.5. The first kappa shape index (κ1) is 15.3. The minimum Gasteiger partial charge on any atom is -0.453 e. The Morgan fingerprint density at radius 2 is 1.95 bits per heavy atom. The number of halogens is 1. The molecule has 0 saturated carbocycles. The molecule has 1 aromatic carbocycles. The molecule has 0 unspecified atom stereocenters. The summed E-state index contributed by atoms with van der Waals surface area (Å²) in [6.07, 6.45) is 0.534. The van der Waals surface area contributed by atoms with E-state index in [0.29, 0.717) is 6.29 Å². The molecule has 0 N–H and O–H groups in total. The van der Waals surface area contributed by atoms with Gasteiger partial charge in [-0.3, -0.25) is 14.9 Å². The van der Waals surface area contributed by atoms with Gasteiger partial charge in [-0.15, -0.1) is 0 Å². The molecule has 1 aromatic heterocycles. The molecular weight excluding hydrogens is 294 g/mol. The Morgan fingerprint density at radius 3 is 2.43 bits per heavy atom. The average Bonchev–Trinajstić information content (AvgIpc) is 2.84. The molecule has 0 fully saturated rings. The van der Waals surface area contributed by atoms with Gasteiger partial charge in [0.15, 0.2) is 12.0 Å². The van der Waals surface area contributed by atoms with Crippen molar-refractivity contribution in [1.82, 2.24) is 0 Å². The lowest BCUT2D eigenvalue weighted by Gasteiger charge is -2.19. The van der Waals surface area contributed by atoms with Gasteiger partial charge in [-0.05, 0) is 29.2 Å². The molecule has 0 radical (unpaired) electrons. The van der Waals surface area contributed by atoms with E-state index in [-0.39, 0.29) is 33.2 Å². The summed E-state index contributed by atoms with van der Waals surface area (Å²) in [6, 6.07) is 6.12. The van der Waals surface area contributed by atoms with Gasteiger partial charge >= 0.3 is 0 Å². The molecule has 5 nitrogen and oxygen atoms in total. The first-order valence-corrected chi connectivity index (χ1v) is 6.65. The van der Waals surface area contributed by atoms with Crippen molar-refractivity contribution in [2.24, 2.45) is 0 Å². The Kier molecular flexibility index (Phi) is 3.87. The van der Waals surface area contributed by atoms with Crippen LogP contribution in [0.1, 0.15) is 36.9 Å². The van der Waals surface area contributed by atoms with Crippen LogP contribution in [0.25, 0.3) is 11.3 Å². The second-order valence-corrected chi connectivity index (χ2v) is 6.09. The zero-order chi connectivity index (χ0) is 15.8. The number of nitro groups is 1. The van der Waals surface area contributed by atoms with E-state index in [0.717, 1.165) is 5.56 Å². The fraction of sp³-hybridized carbons (Fsp3) is 0.267. The standard InChI is InChI=1S/C15H14ClNO4/c1-15(2,3)9-6-11(16)14(12(7-9)17(19)20)13-5-4-10(8-18)21-13/h4-8H,1-3H3. The number of nitro benzene ring substituents is 1. The van der Waals surface area contributed by atoms with Gasteiger partial charge in [-0.2, -0.15) is 0 Å². The summed E-state index contributed by atoms with van der Waals surface area (Å²) < 4.78 is 5.26. The first-order valence-electron chi connectivity index (χ1n) is 6.28. The van der Waals surface area contributed by atoms with Gasteiger partial charge in [0.25, 0.3) is 5.69 Å². The number of carbonyl (C=O) groups excluding carboxylic acids is 1. The van der Waals surface area contributed by atoms with Gasteiger partial charge in [0, 0.05) is 6.07 Å². The van der Waals surface area contributed by atoms with Crippen LogP contribution in [0.3, 0.4) is 0 Å².